The molecule has 7 heteroatoms. The lowest BCUT2D eigenvalue weighted by Gasteiger charge is -2.21. The Bertz CT molecular complexity index is 566. The Morgan fingerprint density at radius 3 is 2.82 bits per heavy atom. The van der Waals surface area contributed by atoms with Gasteiger partial charge in [0.25, 0.3) is 0 Å². The number of guanidine groups is 1. The molecule has 2 aromatic heterocycles. The van der Waals surface area contributed by atoms with Crippen LogP contribution in [-0.2, 0) is 19.4 Å². The number of hydrogen-bond acceptors (Lipinski definition) is 4. The maximum absolute atomic E-state index is 4.42. The molecule has 0 atom stereocenters. The first-order valence-corrected chi connectivity index (χ1v) is 8.80. The van der Waals surface area contributed by atoms with Crippen molar-refractivity contribution >= 4 is 52.6 Å². The quantitative estimate of drug-likeness (QED) is 0.415. The third kappa shape index (κ3) is 5.85. The van der Waals surface area contributed by atoms with Crippen LogP contribution in [0.4, 0.5) is 0 Å². The van der Waals surface area contributed by atoms with Gasteiger partial charge in [0.05, 0.1) is 6.54 Å². The molecule has 22 heavy (non-hydrogen) atoms. The lowest BCUT2D eigenvalue weighted by Crippen LogP contribution is -2.39. The molecule has 2 aromatic rings. The van der Waals surface area contributed by atoms with Crippen LogP contribution < -0.4 is 5.32 Å². The second kappa shape index (κ2) is 10.2. The van der Waals surface area contributed by atoms with Crippen molar-refractivity contribution in [3.05, 3.63) is 38.5 Å². The number of thiophene rings is 1. The fourth-order valence-corrected chi connectivity index (χ4v) is 3.47. The Balaban J connectivity index is 0.00000242. The molecule has 0 aliphatic rings. The first-order valence-electron chi connectivity index (χ1n) is 7.10. The zero-order chi connectivity index (χ0) is 15.1. The largest absolute Gasteiger partial charge is 0.350 e. The van der Waals surface area contributed by atoms with Crippen LogP contribution in [0.15, 0.2) is 28.7 Å². The van der Waals surface area contributed by atoms with Crippen LogP contribution in [0.2, 0.25) is 0 Å². The fraction of sp³-hybridized carbons (Fsp3) is 0.467. The maximum atomic E-state index is 4.42. The Kier molecular flexibility index (Phi) is 8.96. The van der Waals surface area contributed by atoms with Crippen molar-refractivity contribution in [2.45, 2.75) is 26.3 Å². The highest BCUT2D eigenvalue weighted by molar-refractivity contribution is 14.0. The summed E-state index contributed by atoms with van der Waals surface area (Å²) in [5.74, 6) is 0.916. The minimum absolute atomic E-state index is 0. The van der Waals surface area contributed by atoms with Crippen LogP contribution in [0.1, 0.15) is 21.7 Å². The standard InChI is InChI=1S/C15H22N4S2.HI/c1-4-12-10-17-14(21-12)11-18-15(16-2)19(3)8-7-13-6-5-9-20-13;/h5-6,9-10H,4,7-8,11H2,1-3H3,(H,16,18);1H. The van der Waals surface area contributed by atoms with Gasteiger partial charge in [0.2, 0.25) is 0 Å². The summed E-state index contributed by atoms with van der Waals surface area (Å²) in [6.07, 6.45) is 4.06. The lowest BCUT2D eigenvalue weighted by atomic mass is 10.3. The predicted molar refractivity (Wildman–Crippen MR) is 108 cm³/mol. The molecule has 0 amide bonds. The number of hydrogen-bond donors (Lipinski definition) is 1. The van der Waals surface area contributed by atoms with Crippen LogP contribution in [0.25, 0.3) is 0 Å². The highest BCUT2D eigenvalue weighted by Gasteiger charge is 2.07. The molecule has 0 aliphatic heterocycles. The van der Waals surface area contributed by atoms with E-state index >= 15 is 0 Å². The molecule has 0 radical (unpaired) electrons. The number of halogens is 1. The summed E-state index contributed by atoms with van der Waals surface area (Å²) in [5.41, 5.74) is 0. The van der Waals surface area contributed by atoms with Gasteiger partial charge < -0.3 is 10.2 Å². The Morgan fingerprint density at radius 2 is 2.23 bits per heavy atom. The SMILES string of the molecule is CCc1cnc(CNC(=NC)N(C)CCc2cccs2)s1.I. The number of nitrogens with zero attached hydrogens (tertiary/aromatic N) is 3. The van der Waals surface area contributed by atoms with Gasteiger partial charge in [-0.1, -0.05) is 13.0 Å². The van der Waals surface area contributed by atoms with Gasteiger partial charge in [0.1, 0.15) is 5.01 Å². The summed E-state index contributed by atoms with van der Waals surface area (Å²) in [6, 6.07) is 4.28. The molecule has 0 spiro atoms. The van der Waals surface area contributed by atoms with Gasteiger partial charge >= 0.3 is 0 Å². The topological polar surface area (TPSA) is 40.5 Å². The predicted octanol–water partition coefficient (Wildman–Crippen LogP) is 3.63. The van der Waals surface area contributed by atoms with Crippen molar-refractivity contribution in [3.63, 3.8) is 0 Å². The second-order valence-electron chi connectivity index (χ2n) is 4.73. The summed E-state index contributed by atoms with van der Waals surface area (Å²) in [6.45, 7) is 3.85. The number of nitrogens with one attached hydrogen (secondary N) is 1. The van der Waals surface area contributed by atoms with Crippen molar-refractivity contribution < 1.29 is 0 Å². The van der Waals surface area contributed by atoms with E-state index in [0.29, 0.717) is 0 Å². The van der Waals surface area contributed by atoms with E-state index in [4.69, 9.17) is 0 Å². The Morgan fingerprint density at radius 1 is 1.41 bits per heavy atom. The molecule has 2 heterocycles. The molecule has 122 valence electrons. The summed E-state index contributed by atoms with van der Waals surface area (Å²) < 4.78 is 0. The average Bonchev–Trinajstić information content (AvgIpc) is 3.17. The van der Waals surface area contributed by atoms with E-state index in [-0.39, 0.29) is 24.0 Å². The number of thiazole rings is 1. The van der Waals surface area contributed by atoms with E-state index < -0.39 is 0 Å². The van der Waals surface area contributed by atoms with E-state index in [9.17, 15) is 0 Å². The van der Waals surface area contributed by atoms with Gasteiger partial charge in [0.15, 0.2) is 5.96 Å². The highest BCUT2D eigenvalue weighted by Crippen LogP contribution is 2.13. The number of aromatic nitrogens is 1. The highest BCUT2D eigenvalue weighted by atomic mass is 127. The minimum Gasteiger partial charge on any atom is -0.350 e. The zero-order valence-corrected chi connectivity index (χ0v) is 17.2. The Labute approximate surface area is 157 Å². The van der Waals surface area contributed by atoms with Crippen molar-refractivity contribution in [3.8, 4) is 0 Å². The Hall–Kier alpha value is -0.670. The molecular weight excluding hydrogens is 427 g/mol. The first-order chi connectivity index (χ1) is 10.2. The average molecular weight is 450 g/mol. The van der Waals surface area contributed by atoms with Gasteiger partial charge in [-0.25, -0.2) is 4.98 Å². The number of aryl methyl sites for hydroxylation is 1. The van der Waals surface area contributed by atoms with Gasteiger partial charge in [-0.15, -0.1) is 46.7 Å². The summed E-state index contributed by atoms with van der Waals surface area (Å²) in [7, 11) is 3.89. The third-order valence-corrected chi connectivity index (χ3v) is 5.27. The minimum atomic E-state index is 0. The molecule has 0 saturated carbocycles. The molecule has 1 N–H and O–H groups in total. The van der Waals surface area contributed by atoms with E-state index in [1.165, 1.54) is 9.75 Å². The first kappa shape index (κ1) is 19.4. The summed E-state index contributed by atoms with van der Waals surface area (Å²) in [5, 5.41) is 6.61. The molecule has 2 rings (SSSR count). The molecule has 4 nitrogen and oxygen atoms in total. The van der Waals surface area contributed by atoms with Crippen LogP contribution >= 0.6 is 46.7 Å². The molecule has 0 aromatic carbocycles. The van der Waals surface area contributed by atoms with Crippen LogP contribution in [0, 0.1) is 0 Å². The van der Waals surface area contributed by atoms with Crippen LogP contribution in [0.3, 0.4) is 0 Å². The van der Waals surface area contributed by atoms with Crippen LogP contribution in [-0.4, -0.2) is 36.5 Å². The van der Waals surface area contributed by atoms with Crippen molar-refractivity contribution in [2.24, 2.45) is 4.99 Å². The zero-order valence-electron chi connectivity index (χ0n) is 13.2. The fourth-order valence-electron chi connectivity index (χ4n) is 1.97. The monoisotopic (exact) mass is 450 g/mol. The lowest BCUT2D eigenvalue weighted by molar-refractivity contribution is 0.486. The molecule has 0 bridgehead atoms. The molecule has 0 aliphatic carbocycles. The molecular formula is C15H23IN4S2. The summed E-state index contributed by atoms with van der Waals surface area (Å²) >= 11 is 3.57. The number of aliphatic imine (C=N–C) groups is 1. The normalized spacial score (nSPS) is 11.1. The van der Waals surface area contributed by atoms with Gasteiger partial charge in [-0.05, 0) is 24.3 Å². The number of likely N-dealkylation sites (N-methyl/N-ethyl adjacent to an activating group) is 1. The number of rotatable bonds is 6. The smallest absolute Gasteiger partial charge is 0.193 e. The second-order valence-corrected chi connectivity index (χ2v) is 6.96. The maximum Gasteiger partial charge on any atom is 0.193 e. The van der Waals surface area contributed by atoms with E-state index in [0.717, 1.165) is 36.9 Å². The van der Waals surface area contributed by atoms with Crippen molar-refractivity contribution in [1.82, 2.24) is 15.2 Å². The van der Waals surface area contributed by atoms with Gasteiger partial charge in [-0.3, -0.25) is 4.99 Å². The molecule has 0 fully saturated rings. The third-order valence-electron chi connectivity index (χ3n) is 3.19. The summed E-state index contributed by atoms with van der Waals surface area (Å²) in [4.78, 5) is 13.7. The molecule has 0 saturated heterocycles. The molecule has 0 unspecified atom stereocenters. The van der Waals surface area contributed by atoms with E-state index in [2.05, 4.69) is 51.7 Å². The van der Waals surface area contributed by atoms with Gasteiger partial charge in [0, 0.05) is 36.6 Å². The van der Waals surface area contributed by atoms with Crippen molar-refractivity contribution in [2.75, 3.05) is 20.6 Å². The van der Waals surface area contributed by atoms with Crippen LogP contribution in [0.5, 0.6) is 0 Å². The van der Waals surface area contributed by atoms with E-state index in [1.807, 2.05) is 13.2 Å². The van der Waals surface area contributed by atoms with E-state index in [1.54, 1.807) is 22.7 Å². The van der Waals surface area contributed by atoms with Crippen molar-refractivity contribution in [1.29, 1.82) is 0 Å². The van der Waals surface area contributed by atoms with Gasteiger partial charge in [-0.2, -0.15) is 0 Å².